The minimum Gasteiger partial charge on any atom is -0.377 e. The zero-order valence-corrected chi connectivity index (χ0v) is 20.5. The van der Waals surface area contributed by atoms with Gasteiger partial charge in [0.25, 0.3) is 0 Å². The molecule has 3 nitrogen and oxygen atoms in total. The van der Waals surface area contributed by atoms with Crippen LogP contribution in [0, 0.1) is 35.2 Å². The third kappa shape index (κ3) is 4.61. The number of aromatic nitrogens is 2. The minimum atomic E-state index is -0.772. The maximum absolute atomic E-state index is 14.9. The largest absolute Gasteiger partial charge is 0.377 e. The van der Waals surface area contributed by atoms with E-state index in [9.17, 15) is 13.2 Å². The molecule has 1 aliphatic carbocycles. The van der Waals surface area contributed by atoms with Crippen molar-refractivity contribution < 1.29 is 17.9 Å². The van der Waals surface area contributed by atoms with Crippen LogP contribution >= 0.6 is 11.8 Å². The summed E-state index contributed by atoms with van der Waals surface area (Å²) in [6.45, 7) is 3.07. The molecule has 0 spiro atoms. The maximum atomic E-state index is 14.9. The molecule has 0 amide bonds. The molecule has 2 fully saturated rings. The summed E-state index contributed by atoms with van der Waals surface area (Å²) >= 11 is 1.75. The fraction of sp³-hybridized carbons (Fsp3) is 0.519. The number of aryl methyl sites for hydroxylation is 1. The van der Waals surface area contributed by atoms with Gasteiger partial charge in [0.05, 0.1) is 22.7 Å². The molecular formula is C27H31F3N2OS. The SMILES string of the molecule is CSCCCCc1cc(F)c(-c2nc3cc(CC4CCC5C(C)COC45)[nH]c3cc2F)c(F)c1. The summed E-state index contributed by atoms with van der Waals surface area (Å²) in [5.41, 5.74) is 1.91. The topological polar surface area (TPSA) is 37.9 Å². The van der Waals surface area contributed by atoms with Crippen LogP contribution in [-0.4, -0.2) is 34.7 Å². The Hall–Kier alpha value is -1.99. The molecule has 2 aromatic heterocycles. The summed E-state index contributed by atoms with van der Waals surface area (Å²) in [7, 11) is 0. The van der Waals surface area contributed by atoms with Crippen LogP contribution < -0.4 is 0 Å². The molecular weight excluding hydrogens is 457 g/mol. The van der Waals surface area contributed by atoms with E-state index in [0.717, 1.165) is 43.7 Å². The van der Waals surface area contributed by atoms with Crippen LogP contribution in [0.5, 0.6) is 0 Å². The van der Waals surface area contributed by atoms with E-state index in [2.05, 4.69) is 16.9 Å². The van der Waals surface area contributed by atoms with Crippen molar-refractivity contribution in [1.82, 2.24) is 9.97 Å². The highest BCUT2D eigenvalue weighted by Gasteiger charge is 2.44. The standard InChI is InChI=1S/C27H31F3N2OS/c1-15-14-33-27-17(6-7-19(15)27)11-18-12-23-24(31-18)13-22(30)26(32-23)25-20(28)9-16(10-21(25)29)5-3-4-8-34-2/h9-10,12-13,15,17,19,27,31H,3-8,11,14H2,1-2H3. The first-order valence-corrected chi connectivity index (χ1v) is 13.6. The molecule has 1 aromatic carbocycles. The van der Waals surface area contributed by atoms with Gasteiger partial charge in [0.15, 0.2) is 5.82 Å². The molecule has 3 heterocycles. The molecule has 34 heavy (non-hydrogen) atoms. The molecule has 2 aliphatic rings. The highest BCUT2D eigenvalue weighted by Crippen LogP contribution is 2.44. The number of H-pyrrole nitrogens is 1. The zero-order valence-electron chi connectivity index (χ0n) is 19.7. The predicted molar refractivity (Wildman–Crippen MR) is 132 cm³/mol. The van der Waals surface area contributed by atoms with E-state index in [1.165, 1.54) is 24.6 Å². The summed E-state index contributed by atoms with van der Waals surface area (Å²) in [5.74, 6) is 0.381. The number of thioether (sulfide) groups is 1. The molecule has 1 aliphatic heterocycles. The number of hydrogen-bond donors (Lipinski definition) is 1. The quantitative estimate of drug-likeness (QED) is 0.349. The lowest BCUT2D eigenvalue weighted by atomic mass is 9.91. The predicted octanol–water partition coefficient (Wildman–Crippen LogP) is 6.94. The number of ether oxygens (including phenoxy) is 1. The van der Waals surface area contributed by atoms with Crippen molar-refractivity contribution in [1.29, 1.82) is 0 Å². The van der Waals surface area contributed by atoms with Crippen molar-refractivity contribution in [2.24, 2.45) is 17.8 Å². The van der Waals surface area contributed by atoms with Gasteiger partial charge >= 0.3 is 0 Å². The number of hydrogen-bond acceptors (Lipinski definition) is 3. The van der Waals surface area contributed by atoms with Crippen molar-refractivity contribution >= 4 is 22.8 Å². The van der Waals surface area contributed by atoms with Crippen LogP contribution in [-0.2, 0) is 17.6 Å². The number of benzene rings is 1. The van der Waals surface area contributed by atoms with E-state index in [0.29, 0.717) is 40.8 Å². The number of pyridine rings is 1. The molecule has 4 atom stereocenters. The van der Waals surface area contributed by atoms with Gasteiger partial charge in [-0.05, 0) is 92.0 Å². The van der Waals surface area contributed by atoms with Gasteiger partial charge in [0.2, 0.25) is 0 Å². The summed E-state index contributed by atoms with van der Waals surface area (Å²) in [6.07, 6.45) is 7.85. The summed E-state index contributed by atoms with van der Waals surface area (Å²) < 4.78 is 50.8. The second kappa shape index (κ2) is 9.94. The van der Waals surface area contributed by atoms with Crippen LogP contribution in [0.2, 0.25) is 0 Å². The van der Waals surface area contributed by atoms with Gasteiger partial charge < -0.3 is 9.72 Å². The van der Waals surface area contributed by atoms with Gasteiger partial charge in [-0.2, -0.15) is 11.8 Å². The van der Waals surface area contributed by atoms with Crippen LogP contribution in [0.3, 0.4) is 0 Å². The number of aromatic amines is 1. The number of nitrogens with zero attached hydrogens (tertiary/aromatic N) is 1. The van der Waals surface area contributed by atoms with E-state index in [-0.39, 0.29) is 11.8 Å². The van der Waals surface area contributed by atoms with Crippen molar-refractivity contribution in [2.75, 3.05) is 18.6 Å². The maximum Gasteiger partial charge on any atom is 0.151 e. The number of nitrogens with one attached hydrogen (secondary N) is 1. The molecule has 1 saturated heterocycles. The Labute approximate surface area is 202 Å². The van der Waals surface area contributed by atoms with E-state index in [1.807, 2.05) is 12.3 Å². The highest BCUT2D eigenvalue weighted by atomic mass is 32.2. The summed E-state index contributed by atoms with van der Waals surface area (Å²) in [6, 6.07) is 5.79. The second-order valence-corrected chi connectivity index (χ2v) is 10.9. The molecule has 5 rings (SSSR count). The molecule has 0 radical (unpaired) electrons. The van der Waals surface area contributed by atoms with E-state index >= 15 is 0 Å². The lowest BCUT2D eigenvalue weighted by molar-refractivity contribution is 0.0646. The molecule has 7 heteroatoms. The van der Waals surface area contributed by atoms with Crippen molar-refractivity contribution in [3.8, 4) is 11.3 Å². The lowest BCUT2D eigenvalue weighted by Gasteiger charge is -2.17. The molecule has 1 saturated carbocycles. The van der Waals surface area contributed by atoms with Gasteiger partial charge in [-0.3, -0.25) is 0 Å². The zero-order chi connectivity index (χ0) is 23.8. The number of halogens is 3. The average Bonchev–Trinajstić information content (AvgIpc) is 3.48. The van der Waals surface area contributed by atoms with Crippen LogP contribution in [0.4, 0.5) is 13.2 Å². The first kappa shape index (κ1) is 23.7. The van der Waals surface area contributed by atoms with E-state index < -0.39 is 23.0 Å². The Bertz CT molecular complexity index is 1160. The number of unbranched alkanes of at least 4 members (excludes halogenated alkanes) is 1. The van der Waals surface area contributed by atoms with Gasteiger partial charge in [-0.1, -0.05) is 6.92 Å². The Morgan fingerprint density at radius 1 is 1.06 bits per heavy atom. The number of fused-ring (bicyclic) bond motifs is 2. The molecule has 1 N–H and O–H groups in total. The number of rotatable bonds is 8. The third-order valence-electron chi connectivity index (χ3n) is 7.54. The molecule has 4 unspecified atom stereocenters. The van der Waals surface area contributed by atoms with Crippen molar-refractivity contribution in [3.05, 3.63) is 53.0 Å². The average molecular weight is 489 g/mol. The Morgan fingerprint density at radius 2 is 1.85 bits per heavy atom. The lowest BCUT2D eigenvalue weighted by Crippen LogP contribution is -2.21. The minimum absolute atomic E-state index is 0.282. The van der Waals surface area contributed by atoms with E-state index in [4.69, 9.17) is 4.74 Å². The van der Waals surface area contributed by atoms with Gasteiger partial charge in [-0.15, -0.1) is 0 Å². The normalized spacial score (nSPS) is 24.3. The van der Waals surface area contributed by atoms with Crippen LogP contribution in [0.15, 0.2) is 24.3 Å². The fourth-order valence-electron chi connectivity index (χ4n) is 5.78. The summed E-state index contributed by atoms with van der Waals surface area (Å²) in [5, 5.41) is 0. The third-order valence-corrected chi connectivity index (χ3v) is 8.23. The Kier molecular flexibility index (Phi) is 6.94. The summed E-state index contributed by atoms with van der Waals surface area (Å²) in [4.78, 5) is 7.59. The molecule has 0 bridgehead atoms. The first-order chi connectivity index (χ1) is 16.4. The van der Waals surface area contributed by atoms with Gasteiger partial charge in [0, 0.05) is 18.4 Å². The van der Waals surface area contributed by atoms with Gasteiger partial charge in [-0.25, -0.2) is 18.2 Å². The molecule has 182 valence electrons. The van der Waals surface area contributed by atoms with Crippen LogP contribution in [0.1, 0.15) is 43.9 Å². The molecule has 3 aromatic rings. The first-order valence-electron chi connectivity index (χ1n) is 12.2. The van der Waals surface area contributed by atoms with Crippen molar-refractivity contribution in [2.45, 2.75) is 51.6 Å². The van der Waals surface area contributed by atoms with E-state index in [1.54, 1.807) is 11.8 Å². The Balaban J connectivity index is 1.38. The van der Waals surface area contributed by atoms with Crippen LogP contribution in [0.25, 0.3) is 22.3 Å². The van der Waals surface area contributed by atoms with Crippen molar-refractivity contribution in [3.63, 3.8) is 0 Å². The monoisotopic (exact) mass is 488 g/mol. The highest BCUT2D eigenvalue weighted by molar-refractivity contribution is 7.98. The smallest absolute Gasteiger partial charge is 0.151 e. The van der Waals surface area contributed by atoms with Gasteiger partial charge in [0.1, 0.15) is 17.3 Å². The Morgan fingerprint density at radius 3 is 2.62 bits per heavy atom. The second-order valence-electron chi connectivity index (χ2n) is 9.91. The fourth-order valence-corrected chi connectivity index (χ4v) is 6.28.